The van der Waals surface area contributed by atoms with Gasteiger partial charge in [0.1, 0.15) is 11.4 Å². The largest absolute Gasteiger partial charge is 0.494 e. The average Bonchev–Trinajstić information content (AvgIpc) is 3.14. The van der Waals surface area contributed by atoms with Gasteiger partial charge in [-0.3, -0.25) is 14.9 Å². The summed E-state index contributed by atoms with van der Waals surface area (Å²) < 4.78 is 6.44. The fourth-order valence-electron chi connectivity index (χ4n) is 3.08. The number of benzene rings is 1. The summed E-state index contributed by atoms with van der Waals surface area (Å²) in [5.74, 6) is 0.445. The molecule has 0 aliphatic rings. The van der Waals surface area contributed by atoms with E-state index in [-0.39, 0.29) is 11.7 Å². The van der Waals surface area contributed by atoms with Crippen LogP contribution in [-0.4, -0.2) is 28.3 Å². The second kappa shape index (κ2) is 7.29. The van der Waals surface area contributed by atoms with Gasteiger partial charge in [0.15, 0.2) is 10.9 Å². The SMILES string of the molecule is CCOc1ccc2nc(NC(=O)c3[nH]c(C)c(C(C)=O)c3CC)sc2c1. The van der Waals surface area contributed by atoms with E-state index in [1.165, 1.54) is 18.3 Å². The number of ketones is 1. The number of aryl methyl sites for hydroxylation is 1. The van der Waals surface area contributed by atoms with Crippen molar-refractivity contribution < 1.29 is 14.3 Å². The second-order valence-electron chi connectivity index (χ2n) is 5.92. The van der Waals surface area contributed by atoms with E-state index in [0.717, 1.165) is 21.5 Å². The smallest absolute Gasteiger partial charge is 0.274 e. The van der Waals surface area contributed by atoms with Crippen LogP contribution in [0.15, 0.2) is 18.2 Å². The molecule has 0 bridgehead atoms. The lowest BCUT2D eigenvalue weighted by molar-refractivity contribution is 0.101. The number of anilines is 1. The highest BCUT2D eigenvalue weighted by atomic mass is 32.1. The van der Waals surface area contributed by atoms with Gasteiger partial charge in [-0.2, -0.15) is 0 Å². The fraction of sp³-hybridized carbons (Fsp3) is 0.316. The fourth-order valence-corrected chi connectivity index (χ4v) is 3.96. The lowest BCUT2D eigenvalue weighted by atomic mass is 10.0. The highest BCUT2D eigenvalue weighted by molar-refractivity contribution is 7.22. The van der Waals surface area contributed by atoms with Crippen molar-refractivity contribution in [1.29, 1.82) is 0 Å². The Morgan fingerprint density at radius 2 is 2.08 bits per heavy atom. The molecular formula is C19H21N3O3S. The molecule has 136 valence electrons. The number of carbonyl (C=O) groups is 2. The Kier molecular flexibility index (Phi) is 5.08. The van der Waals surface area contributed by atoms with E-state index in [1.54, 1.807) is 6.92 Å². The standard InChI is InChI=1S/C19H21N3O3S/c1-5-13-16(11(4)23)10(3)20-17(13)18(24)22-19-21-14-8-7-12(25-6-2)9-15(14)26-19/h7-9,20H,5-6H2,1-4H3,(H,21,22,24). The molecule has 0 saturated carbocycles. The minimum atomic E-state index is -0.290. The summed E-state index contributed by atoms with van der Waals surface area (Å²) in [4.78, 5) is 32.1. The third kappa shape index (κ3) is 3.35. The average molecular weight is 371 g/mol. The van der Waals surface area contributed by atoms with E-state index in [1.807, 2.05) is 32.0 Å². The van der Waals surface area contributed by atoms with Gasteiger partial charge < -0.3 is 9.72 Å². The van der Waals surface area contributed by atoms with Crippen LogP contribution >= 0.6 is 11.3 Å². The molecule has 2 heterocycles. The molecule has 0 aliphatic heterocycles. The van der Waals surface area contributed by atoms with Gasteiger partial charge in [0.2, 0.25) is 0 Å². The number of aromatic nitrogens is 2. The topological polar surface area (TPSA) is 84.1 Å². The highest BCUT2D eigenvalue weighted by Gasteiger charge is 2.22. The summed E-state index contributed by atoms with van der Waals surface area (Å²) in [6.45, 7) is 7.78. The van der Waals surface area contributed by atoms with Gasteiger partial charge in [-0.25, -0.2) is 4.98 Å². The first-order chi connectivity index (χ1) is 12.4. The Morgan fingerprint density at radius 1 is 1.31 bits per heavy atom. The van der Waals surface area contributed by atoms with E-state index >= 15 is 0 Å². The monoisotopic (exact) mass is 371 g/mol. The Hall–Kier alpha value is -2.67. The van der Waals surface area contributed by atoms with Crippen LogP contribution < -0.4 is 10.1 Å². The zero-order valence-corrected chi connectivity index (χ0v) is 16.0. The molecule has 26 heavy (non-hydrogen) atoms. The van der Waals surface area contributed by atoms with Crippen LogP contribution in [0.25, 0.3) is 10.2 Å². The molecular weight excluding hydrogens is 350 g/mol. The normalized spacial score (nSPS) is 10.9. The molecule has 0 aliphatic carbocycles. The van der Waals surface area contributed by atoms with Crippen LogP contribution in [0.2, 0.25) is 0 Å². The van der Waals surface area contributed by atoms with Crippen molar-refractivity contribution in [1.82, 2.24) is 9.97 Å². The number of amides is 1. The van der Waals surface area contributed by atoms with Crippen LogP contribution in [0.1, 0.15) is 52.9 Å². The summed E-state index contributed by atoms with van der Waals surface area (Å²) >= 11 is 1.39. The molecule has 0 spiro atoms. The molecule has 2 aromatic heterocycles. The number of ether oxygens (including phenoxy) is 1. The van der Waals surface area contributed by atoms with Crippen LogP contribution in [-0.2, 0) is 6.42 Å². The van der Waals surface area contributed by atoms with E-state index in [2.05, 4.69) is 15.3 Å². The van der Waals surface area contributed by atoms with Gasteiger partial charge in [0.25, 0.3) is 5.91 Å². The molecule has 1 amide bonds. The predicted octanol–water partition coefficient (Wildman–Crippen LogP) is 4.35. The number of aromatic amines is 1. The summed E-state index contributed by atoms with van der Waals surface area (Å²) in [6.07, 6.45) is 0.597. The molecule has 6 nitrogen and oxygen atoms in total. The van der Waals surface area contributed by atoms with Crippen molar-refractivity contribution in [3.63, 3.8) is 0 Å². The number of fused-ring (bicyclic) bond motifs is 1. The van der Waals surface area contributed by atoms with Gasteiger partial charge in [-0.1, -0.05) is 18.3 Å². The number of carbonyl (C=O) groups excluding carboxylic acids is 2. The zero-order chi connectivity index (χ0) is 18.8. The van der Waals surface area contributed by atoms with Crippen molar-refractivity contribution in [2.45, 2.75) is 34.1 Å². The molecule has 3 aromatic rings. The van der Waals surface area contributed by atoms with Crippen molar-refractivity contribution >= 4 is 38.4 Å². The van der Waals surface area contributed by atoms with E-state index in [0.29, 0.717) is 35.1 Å². The van der Waals surface area contributed by atoms with Crippen LogP contribution in [0.4, 0.5) is 5.13 Å². The Labute approximate surface area is 155 Å². The van der Waals surface area contributed by atoms with Crippen molar-refractivity contribution in [3.05, 3.63) is 40.7 Å². The lowest BCUT2D eigenvalue weighted by Crippen LogP contribution is -2.14. The molecule has 2 N–H and O–H groups in total. The first-order valence-electron chi connectivity index (χ1n) is 8.51. The molecule has 7 heteroatoms. The third-order valence-corrected chi connectivity index (χ3v) is 5.05. The van der Waals surface area contributed by atoms with Crippen LogP contribution in [0.3, 0.4) is 0 Å². The van der Waals surface area contributed by atoms with Gasteiger partial charge in [-0.15, -0.1) is 0 Å². The molecule has 0 atom stereocenters. The summed E-state index contributed by atoms with van der Waals surface area (Å²) in [6, 6.07) is 5.65. The zero-order valence-electron chi connectivity index (χ0n) is 15.2. The van der Waals surface area contributed by atoms with Crippen LogP contribution in [0.5, 0.6) is 5.75 Å². The number of Topliss-reactive ketones (excluding diaryl/α,β-unsaturated/α-hetero) is 1. The Balaban J connectivity index is 1.89. The maximum absolute atomic E-state index is 12.7. The first-order valence-corrected chi connectivity index (χ1v) is 9.33. The highest BCUT2D eigenvalue weighted by Crippen LogP contribution is 2.30. The number of H-pyrrole nitrogens is 1. The maximum Gasteiger partial charge on any atom is 0.274 e. The first kappa shape index (κ1) is 18.1. The third-order valence-electron chi connectivity index (χ3n) is 4.12. The van der Waals surface area contributed by atoms with Gasteiger partial charge >= 0.3 is 0 Å². The van der Waals surface area contributed by atoms with Gasteiger partial charge in [0.05, 0.1) is 16.8 Å². The Morgan fingerprint density at radius 3 is 2.73 bits per heavy atom. The number of hydrogen-bond acceptors (Lipinski definition) is 5. The van der Waals surface area contributed by atoms with E-state index in [4.69, 9.17) is 4.74 Å². The number of rotatable bonds is 6. The summed E-state index contributed by atoms with van der Waals surface area (Å²) in [5, 5.41) is 3.35. The maximum atomic E-state index is 12.7. The minimum absolute atomic E-state index is 0.0434. The number of nitrogens with zero attached hydrogens (tertiary/aromatic N) is 1. The van der Waals surface area contributed by atoms with E-state index < -0.39 is 0 Å². The Bertz CT molecular complexity index is 987. The molecule has 0 saturated heterocycles. The number of nitrogens with one attached hydrogen (secondary N) is 2. The number of thiazole rings is 1. The van der Waals surface area contributed by atoms with Crippen LogP contribution in [0, 0.1) is 6.92 Å². The molecule has 1 aromatic carbocycles. The molecule has 3 rings (SSSR count). The lowest BCUT2D eigenvalue weighted by Gasteiger charge is -2.03. The molecule has 0 fully saturated rings. The van der Waals surface area contributed by atoms with Crippen molar-refractivity contribution in [2.24, 2.45) is 0 Å². The van der Waals surface area contributed by atoms with E-state index in [9.17, 15) is 9.59 Å². The number of hydrogen-bond donors (Lipinski definition) is 2. The molecule has 0 unspecified atom stereocenters. The second-order valence-corrected chi connectivity index (χ2v) is 6.95. The van der Waals surface area contributed by atoms with Gasteiger partial charge in [-0.05, 0) is 51.0 Å². The minimum Gasteiger partial charge on any atom is -0.494 e. The van der Waals surface area contributed by atoms with Crippen molar-refractivity contribution in [3.8, 4) is 5.75 Å². The quantitative estimate of drug-likeness (QED) is 0.631. The molecule has 0 radical (unpaired) electrons. The summed E-state index contributed by atoms with van der Waals surface area (Å²) in [5.41, 5.74) is 3.28. The van der Waals surface area contributed by atoms with Gasteiger partial charge in [0, 0.05) is 11.3 Å². The summed E-state index contributed by atoms with van der Waals surface area (Å²) in [7, 11) is 0. The predicted molar refractivity (Wildman–Crippen MR) is 104 cm³/mol. The van der Waals surface area contributed by atoms with Crippen molar-refractivity contribution in [2.75, 3.05) is 11.9 Å².